The molecular formula is C21H21NO3. The van der Waals surface area contributed by atoms with Crippen LogP contribution in [-0.2, 0) is 0 Å². The van der Waals surface area contributed by atoms with Crippen LogP contribution in [0.15, 0.2) is 54.6 Å². The normalized spacial score (nSPS) is 14.6. The highest BCUT2D eigenvalue weighted by Crippen LogP contribution is 2.20. The average Bonchev–Trinajstić information content (AvgIpc) is 2.67. The van der Waals surface area contributed by atoms with Crippen molar-refractivity contribution in [3.8, 4) is 0 Å². The molecule has 3 rings (SSSR count). The van der Waals surface area contributed by atoms with E-state index in [1.165, 1.54) is 31.4 Å². The second-order valence-corrected chi connectivity index (χ2v) is 6.22. The number of hydrogen-bond donors (Lipinski definition) is 1. The largest absolute Gasteiger partial charge is 0.478 e. The summed E-state index contributed by atoms with van der Waals surface area (Å²) >= 11 is 0. The van der Waals surface area contributed by atoms with Crippen LogP contribution in [-0.4, -0.2) is 29.9 Å². The number of ketones is 1. The third-order valence-electron chi connectivity index (χ3n) is 4.43. The first-order valence-electron chi connectivity index (χ1n) is 8.54. The van der Waals surface area contributed by atoms with Crippen molar-refractivity contribution in [2.75, 3.05) is 18.0 Å². The first-order valence-corrected chi connectivity index (χ1v) is 8.54. The first kappa shape index (κ1) is 17.0. The fourth-order valence-corrected chi connectivity index (χ4v) is 3.03. The molecule has 1 N–H and O–H groups in total. The Hall–Kier alpha value is -2.88. The zero-order valence-corrected chi connectivity index (χ0v) is 14.0. The van der Waals surface area contributed by atoms with E-state index >= 15 is 0 Å². The molecule has 1 heterocycles. The number of carboxylic acid groups (broad SMARTS) is 1. The van der Waals surface area contributed by atoms with Crippen LogP contribution in [0.3, 0.4) is 0 Å². The summed E-state index contributed by atoms with van der Waals surface area (Å²) in [7, 11) is 0. The number of piperidine rings is 1. The highest BCUT2D eigenvalue weighted by molar-refractivity contribution is 6.07. The van der Waals surface area contributed by atoms with E-state index in [9.17, 15) is 9.59 Å². The Kier molecular flexibility index (Phi) is 5.29. The molecule has 0 aliphatic carbocycles. The molecule has 0 spiro atoms. The van der Waals surface area contributed by atoms with Crippen LogP contribution < -0.4 is 4.90 Å². The molecule has 1 fully saturated rings. The number of aromatic carboxylic acids is 1. The summed E-state index contributed by atoms with van der Waals surface area (Å²) in [6.45, 7) is 2.15. The Balaban J connectivity index is 1.68. The first-order chi connectivity index (χ1) is 12.1. The maximum absolute atomic E-state index is 12.3. The Bertz CT molecular complexity index is 787. The molecule has 0 atom stereocenters. The molecule has 0 unspecified atom stereocenters. The van der Waals surface area contributed by atoms with Crippen molar-refractivity contribution in [3.63, 3.8) is 0 Å². The molecule has 1 saturated heterocycles. The quantitative estimate of drug-likeness (QED) is 0.655. The van der Waals surface area contributed by atoms with Crippen molar-refractivity contribution < 1.29 is 14.7 Å². The minimum Gasteiger partial charge on any atom is -0.478 e. The Labute approximate surface area is 147 Å². The van der Waals surface area contributed by atoms with Crippen molar-refractivity contribution in [2.45, 2.75) is 19.3 Å². The zero-order valence-electron chi connectivity index (χ0n) is 14.0. The molecule has 25 heavy (non-hydrogen) atoms. The minimum absolute atomic E-state index is 0.0917. The second-order valence-electron chi connectivity index (χ2n) is 6.22. The molecule has 1 aliphatic heterocycles. The third kappa shape index (κ3) is 4.35. The van der Waals surface area contributed by atoms with Gasteiger partial charge in [0.2, 0.25) is 0 Å². The summed E-state index contributed by atoms with van der Waals surface area (Å²) in [4.78, 5) is 25.6. The van der Waals surface area contributed by atoms with Gasteiger partial charge in [-0.3, -0.25) is 4.79 Å². The molecule has 128 valence electrons. The summed E-state index contributed by atoms with van der Waals surface area (Å²) < 4.78 is 0. The van der Waals surface area contributed by atoms with Crippen LogP contribution in [0.4, 0.5) is 5.69 Å². The number of rotatable bonds is 5. The van der Waals surface area contributed by atoms with E-state index in [2.05, 4.69) is 4.90 Å². The van der Waals surface area contributed by atoms with Gasteiger partial charge in [0.15, 0.2) is 5.78 Å². The van der Waals surface area contributed by atoms with Crippen LogP contribution in [0.25, 0.3) is 6.08 Å². The smallest absolute Gasteiger partial charge is 0.335 e. The predicted molar refractivity (Wildman–Crippen MR) is 99.3 cm³/mol. The molecule has 2 aromatic carbocycles. The van der Waals surface area contributed by atoms with Crippen molar-refractivity contribution >= 4 is 23.5 Å². The van der Waals surface area contributed by atoms with Crippen LogP contribution >= 0.6 is 0 Å². The Morgan fingerprint density at radius 3 is 2.32 bits per heavy atom. The van der Waals surface area contributed by atoms with Gasteiger partial charge in [-0.25, -0.2) is 4.79 Å². The van der Waals surface area contributed by atoms with Gasteiger partial charge in [0, 0.05) is 24.3 Å². The highest BCUT2D eigenvalue weighted by Gasteiger charge is 2.11. The molecule has 2 aromatic rings. The number of anilines is 1. The number of allylic oxidation sites excluding steroid dienone is 1. The van der Waals surface area contributed by atoms with Crippen molar-refractivity contribution in [3.05, 3.63) is 71.3 Å². The lowest BCUT2D eigenvalue weighted by molar-refractivity contribution is 0.0696. The van der Waals surface area contributed by atoms with E-state index in [4.69, 9.17) is 5.11 Å². The molecule has 0 bridgehead atoms. The van der Waals surface area contributed by atoms with Gasteiger partial charge >= 0.3 is 5.97 Å². The summed E-state index contributed by atoms with van der Waals surface area (Å²) in [5.41, 5.74) is 2.69. The third-order valence-corrected chi connectivity index (χ3v) is 4.43. The zero-order chi connectivity index (χ0) is 17.6. The SMILES string of the molecule is O=C(O)c1cccc(/C=C/C(=O)c2ccc(N3CCCCC3)cc2)c1. The minimum atomic E-state index is -0.977. The second kappa shape index (κ2) is 7.79. The number of nitrogens with zero attached hydrogens (tertiary/aromatic N) is 1. The van der Waals surface area contributed by atoms with Gasteiger partial charge in [-0.1, -0.05) is 18.2 Å². The Morgan fingerprint density at radius 2 is 1.64 bits per heavy atom. The molecule has 0 amide bonds. The van der Waals surface area contributed by atoms with Crippen LogP contribution in [0.1, 0.15) is 45.5 Å². The van der Waals surface area contributed by atoms with Gasteiger partial charge in [-0.15, -0.1) is 0 Å². The van der Waals surface area contributed by atoms with Crippen molar-refractivity contribution in [2.24, 2.45) is 0 Å². The summed E-state index contributed by atoms with van der Waals surface area (Å²) in [6.07, 6.45) is 6.86. The topological polar surface area (TPSA) is 57.6 Å². The summed E-state index contributed by atoms with van der Waals surface area (Å²) in [5.74, 6) is -1.07. The van der Waals surface area contributed by atoms with E-state index in [-0.39, 0.29) is 11.3 Å². The molecule has 4 heteroatoms. The van der Waals surface area contributed by atoms with Gasteiger partial charge in [-0.05, 0) is 67.3 Å². The van der Waals surface area contributed by atoms with Crippen LogP contribution in [0.5, 0.6) is 0 Å². The molecular weight excluding hydrogens is 314 g/mol. The van der Waals surface area contributed by atoms with Gasteiger partial charge in [0.25, 0.3) is 0 Å². The standard InChI is InChI=1S/C21H21NO3/c23-20(12-7-16-5-4-6-18(15-16)21(24)25)17-8-10-19(11-9-17)22-13-2-1-3-14-22/h4-12,15H,1-3,13-14H2,(H,24,25)/b12-7+. The summed E-state index contributed by atoms with van der Waals surface area (Å²) in [6, 6.07) is 14.2. The van der Waals surface area contributed by atoms with Gasteiger partial charge in [0.05, 0.1) is 5.56 Å². The van der Waals surface area contributed by atoms with Gasteiger partial charge in [-0.2, -0.15) is 0 Å². The van der Waals surface area contributed by atoms with E-state index < -0.39 is 5.97 Å². The fraction of sp³-hybridized carbons (Fsp3) is 0.238. The van der Waals surface area contributed by atoms with Crippen molar-refractivity contribution in [1.82, 2.24) is 0 Å². The van der Waals surface area contributed by atoms with Crippen molar-refractivity contribution in [1.29, 1.82) is 0 Å². The Morgan fingerprint density at radius 1 is 0.920 bits per heavy atom. The predicted octanol–water partition coefficient (Wildman–Crippen LogP) is 4.27. The lowest BCUT2D eigenvalue weighted by Gasteiger charge is -2.28. The van der Waals surface area contributed by atoms with Gasteiger partial charge in [0.1, 0.15) is 0 Å². The van der Waals surface area contributed by atoms with E-state index in [1.54, 1.807) is 24.3 Å². The van der Waals surface area contributed by atoms with Crippen LogP contribution in [0.2, 0.25) is 0 Å². The lowest BCUT2D eigenvalue weighted by atomic mass is 10.1. The lowest BCUT2D eigenvalue weighted by Crippen LogP contribution is -2.29. The molecule has 4 nitrogen and oxygen atoms in total. The van der Waals surface area contributed by atoms with E-state index in [0.717, 1.165) is 18.8 Å². The fourth-order valence-electron chi connectivity index (χ4n) is 3.03. The molecule has 0 aromatic heterocycles. The molecule has 0 saturated carbocycles. The number of carboxylic acids is 1. The van der Waals surface area contributed by atoms with Gasteiger partial charge < -0.3 is 10.0 Å². The number of carbonyl (C=O) groups is 2. The molecule has 1 aliphatic rings. The van der Waals surface area contributed by atoms with E-state index in [1.807, 2.05) is 24.3 Å². The number of hydrogen-bond acceptors (Lipinski definition) is 3. The van der Waals surface area contributed by atoms with Crippen LogP contribution in [0, 0.1) is 0 Å². The molecule has 0 radical (unpaired) electrons. The average molecular weight is 335 g/mol. The monoisotopic (exact) mass is 335 g/mol. The summed E-state index contributed by atoms with van der Waals surface area (Å²) in [5, 5.41) is 9.00. The van der Waals surface area contributed by atoms with E-state index in [0.29, 0.717) is 11.1 Å². The maximum Gasteiger partial charge on any atom is 0.335 e. The number of carbonyl (C=O) groups excluding carboxylic acids is 1. The maximum atomic E-state index is 12.3. The highest BCUT2D eigenvalue weighted by atomic mass is 16.4. The number of benzene rings is 2.